The van der Waals surface area contributed by atoms with Crippen LogP contribution >= 0.6 is 0 Å². The largest absolute Gasteiger partial charge is 0.497 e. The van der Waals surface area contributed by atoms with Crippen molar-refractivity contribution in [3.63, 3.8) is 0 Å². The summed E-state index contributed by atoms with van der Waals surface area (Å²) in [7, 11) is 1.59. The van der Waals surface area contributed by atoms with Gasteiger partial charge in [0.1, 0.15) is 5.75 Å². The van der Waals surface area contributed by atoms with Gasteiger partial charge in [0.25, 0.3) is 5.91 Å². The first-order valence-electron chi connectivity index (χ1n) is 6.61. The standard InChI is InChI=1S/C15H24N2O2/c1-15(2,8-5-9-16)11-17-14(18)12-6-4-7-13(10-12)19-3/h4,6-7,10H,5,8-9,11,16H2,1-3H3,(H,17,18). The molecule has 0 atom stereocenters. The molecule has 3 N–H and O–H groups in total. The SMILES string of the molecule is COc1cccc(C(=O)NCC(C)(C)CCCN)c1. The molecule has 0 saturated heterocycles. The minimum atomic E-state index is -0.0697. The van der Waals surface area contributed by atoms with Crippen LogP contribution in [-0.4, -0.2) is 26.1 Å². The molecule has 0 heterocycles. The summed E-state index contributed by atoms with van der Waals surface area (Å²) in [6.07, 6.45) is 1.98. The molecule has 0 aliphatic heterocycles. The number of hydrogen-bond acceptors (Lipinski definition) is 3. The third kappa shape index (κ3) is 5.30. The fourth-order valence-electron chi connectivity index (χ4n) is 1.85. The number of ether oxygens (including phenoxy) is 1. The van der Waals surface area contributed by atoms with Crippen molar-refractivity contribution in [3.8, 4) is 5.75 Å². The highest BCUT2D eigenvalue weighted by Gasteiger charge is 2.18. The van der Waals surface area contributed by atoms with Crippen molar-refractivity contribution in [1.82, 2.24) is 5.32 Å². The molecule has 1 amide bonds. The highest BCUT2D eigenvalue weighted by Crippen LogP contribution is 2.21. The number of amides is 1. The van der Waals surface area contributed by atoms with E-state index in [2.05, 4.69) is 19.2 Å². The van der Waals surface area contributed by atoms with Crippen LogP contribution in [-0.2, 0) is 0 Å². The fraction of sp³-hybridized carbons (Fsp3) is 0.533. The van der Waals surface area contributed by atoms with E-state index in [1.165, 1.54) is 0 Å². The Kier molecular flexibility index (Phi) is 5.83. The van der Waals surface area contributed by atoms with E-state index in [9.17, 15) is 4.79 Å². The summed E-state index contributed by atoms with van der Waals surface area (Å²) < 4.78 is 5.11. The lowest BCUT2D eigenvalue weighted by molar-refractivity contribution is 0.0934. The Morgan fingerprint density at radius 2 is 2.16 bits per heavy atom. The minimum absolute atomic E-state index is 0.0634. The second-order valence-corrected chi connectivity index (χ2v) is 5.47. The summed E-state index contributed by atoms with van der Waals surface area (Å²) in [5.74, 6) is 0.620. The average molecular weight is 264 g/mol. The first-order chi connectivity index (χ1) is 8.98. The van der Waals surface area contributed by atoms with Crippen LogP contribution in [0.1, 0.15) is 37.0 Å². The summed E-state index contributed by atoms with van der Waals surface area (Å²) in [4.78, 5) is 12.0. The monoisotopic (exact) mass is 264 g/mol. The van der Waals surface area contributed by atoms with Gasteiger partial charge < -0.3 is 15.8 Å². The van der Waals surface area contributed by atoms with Crippen LogP contribution in [0.3, 0.4) is 0 Å². The highest BCUT2D eigenvalue weighted by atomic mass is 16.5. The number of benzene rings is 1. The molecule has 4 nitrogen and oxygen atoms in total. The van der Waals surface area contributed by atoms with E-state index in [1.54, 1.807) is 19.2 Å². The number of methoxy groups -OCH3 is 1. The van der Waals surface area contributed by atoms with Crippen molar-refractivity contribution in [3.05, 3.63) is 29.8 Å². The Balaban J connectivity index is 2.55. The zero-order chi connectivity index (χ0) is 14.3. The zero-order valence-electron chi connectivity index (χ0n) is 12.0. The second kappa shape index (κ2) is 7.14. The maximum atomic E-state index is 12.0. The molecular formula is C15H24N2O2. The molecule has 0 bridgehead atoms. The molecule has 0 spiro atoms. The molecule has 1 aromatic carbocycles. The number of rotatable bonds is 7. The van der Waals surface area contributed by atoms with Crippen molar-refractivity contribution in [2.45, 2.75) is 26.7 Å². The summed E-state index contributed by atoms with van der Waals surface area (Å²) in [6, 6.07) is 7.15. The number of nitrogens with one attached hydrogen (secondary N) is 1. The van der Waals surface area contributed by atoms with Crippen molar-refractivity contribution in [2.75, 3.05) is 20.2 Å². The van der Waals surface area contributed by atoms with Crippen LogP contribution in [0.5, 0.6) is 5.75 Å². The highest BCUT2D eigenvalue weighted by molar-refractivity contribution is 5.94. The predicted octanol–water partition coefficient (Wildman–Crippen LogP) is 2.19. The van der Waals surface area contributed by atoms with Gasteiger partial charge in [-0.25, -0.2) is 0 Å². The predicted molar refractivity (Wildman–Crippen MR) is 77.4 cm³/mol. The van der Waals surface area contributed by atoms with Gasteiger partial charge in [0.05, 0.1) is 7.11 Å². The van der Waals surface area contributed by atoms with Crippen molar-refractivity contribution in [2.24, 2.45) is 11.1 Å². The molecule has 0 fully saturated rings. The molecule has 0 radical (unpaired) electrons. The van der Waals surface area contributed by atoms with Crippen LogP contribution in [0.4, 0.5) is 0 Å². The van der Waals surface area contributed by atoms with Gasteiger partial charge in [-0.15, -0.1) is 0 Å². The van der Waals surface area contributed by atoms with Crippen molar-refractivity contribution in [1.29, 1.82) is 0 Å². The normalized spacial score (nSPS) is 11.2. The van der Waals surface area contributed by atoms with E-state index < -0.39 is 0 Å². The lowest BCUT2D eigenvalue weighted by Gasteiger charge is -2.24. The molecule has 0 unspecified atom stereocenters. The molecule has 1 rings (SSSR count). The quantitative estimate of drug-likeness (QED) is 0.793. The smallest absolute Gasteiger partial charge is 0.251 e. The van der Waals surface area contributed by atoms with E-state index in [4.69, 9.17) is 10.5 Å². The van der Waals surface area contributed by atoms with Gasteiger partial charge in [-0.1, -0.05) is 19.9 Å². The van der Waals surface area contributed by atoms with Gasteiger partial charge in [-0.05, 0) is 43.0 Å². The van der Waals surface area contributed by atoms with Gasteiger partial charge in [-0.2, -0.15) is 0 Å². The van der Waals surface area contributed by atoms with Crippen molar-refractivity contribution < 1.29 is 9.53 Å². The first kappa shape index (κ1) is 15.5. The maximum absolute atomic E-state index is 12.0. The number of carbonyl (C=O) groups excluding carboxylic acids is 1. The van der Waals surface area contributed by atoms with Crippen LogP contribution in [0.15, 0.2) is 24.3 Å². The van der Waals surface area contributed by atoms with Gasteiger partial charge in [0.2, 0.25) is 0 Å². The van der Waals surface area contributed by atoms with Crippen LogP contribution in [0, 0.1) is 5.41 Å². The van der Waals surface area contributed by atoms with E-state index in [1.807, 2.05) is 12.1 Å². The lowest BCUT2D eigenvalue weighted by Crippen LogP contribution is -2.34. The van der Waals surface area contributed by atoms with Crippen LogP contribution < -0.4 is 15.8 Å². The molecule has 0 aliphatic carbocycles. The summed E-state index contributed by atoms with van der Waals surface area (Å²) >= 11 is 0. The molecule has 0 aliphatic rings. The number of carbonyl (C=O) groups is 1. The maximum Gasteiger partial charge on any atom is 0.251 e. The van der Waals surface area contributed by atoms with Crippen LogP contribution in [0.2, 0.25) is 0 Å². The Bertz CT molecular complexity index is 416. The van der Waals surface area contributed by atoms with Gasteiger partial charge in [0, 0.05) is 12.1 Å². The van der Waals surface area contributed by atoms with Crippen LogP contribution in [0.25, 0.3) is 0 Å². The zero-order valence-corrected chi connectivity index (χ0v) is 12.0. The molecule has 19 heavy (non-hydrogen) atoms. The fourth-order valence-corrected chi connectivity index (χ4v) is 1.85. The molecule has 0 saturated carbocycles. The Labute approximate surface area is 115 Å². The van der Waals surface area contributed by atoms with Gasteiger partial charge >= 0.3 is 0 Å². The van der Waals surface area contributed by atoms with Crippen molar-refractivity contribution >= 4 is 5.91 Å². The van der Waals surface area contributed by atoms with E-state index >= 15 is 0 Å². The summed E-state index contributed by atoms with van der Waals surface area (Å²) in [6.45, 7) is 5.60. The average Bonchev–Trinajstić information content (AvgIpc) is 2.43. The van der Waals surface area contributed by atoms with E-state index in [0.717, 1.165) is 12.8 Å². The van der Waals surface area contributed by atoms with Gasteiger partial charge in [-0.3, -0.25) is 4.79 Å². The lowest BCUT2D eigenvalue weighted by atomic mass is 9.87. The first-order valence-corrected chi connectivity index (χ1v) is 6.61. The Morgan fingerprint density at radius 1 is 1.42 bits per heavy atom. The number of hydrogen-bond donors (Lipinski definition) is 2. The topological polar surface area (TPSA) is 64.3 Å². The molecule has 106 valence electrons. The molecule has 1 aromatic rings. The third-order valence-corrected chi connectivity index (χ3v) is 3.12. The third-order valence-electron chi connectivity index (χ3n) is 3.12. The number of nitrogens with two attached hydrogens (primary N) is 1. The molecular weight excluding hydrogens is 240 g/mol. The van der Waals surface area contributed by atoms with E-state index in [0.29, 0.717) is 24.4 Å². The Morgan fingerprint density at radius 3 is 2.79 bits per heavy atom. The van der Waals surface area contributed by atoms with E-state index in [-0.39, 0.29) is 11.3 Å². The summed E-state index contributed by atoms with van der Waals surface area (Å²) in [5.41, 5.74) is 6.20. The summed E-state index contributed by atoms with van der Waals surface area (Å²) in [5, 5.41) is 2.96. The van der Waals surface area contributed by atoms with Gasteiger partial charge in [0.15, 0.2) is 0 Å². The minimum Gasteiger partial charge on any atom is -0.497 e. The second-order valence-electron chi connectivity index (χ2n) is 5.47. The molecule has 0 aromatic heterocycles. The Hall–Kier alpha value is -1.55. The molecule has 4 heteroatoms.